The Morgan fingerprint density at radius 3 is 2.67 bits per heavy atom. The molecule has 1 aliphatic carbocycles. The summed E-state index contributed by atoms with van der Waals surface area (Å²) in [6.07, 6.45) is 0.500. The molecule has 1 saturated carbocycles. The van der Waals surface area contributed by atoms with Gasteiger partial charge in [0.2, 0.25) is 5.91 Å². The Morgan fingerprint density at radius 1 is 1.28 bits per heavy atom. The third-order valence-corrected chi connectivity index (χ3v) is 4.46. The average molecular weight is 247 g/mol. The standard InChI is InChI=1S/C15H18FNO/c1-10(11-5-3-2-4-6-11)17-9-12-7-8-13(16)14(12)15(17)18/h2-6,10,12-14H,7-9H2,1H3/t10-,12-,13-,14+/m1/s1. The second-order valence-corrected chi connectivity index (χ2v) is 5.46. The smallest absolute Gasteiger partial charge is 0.229 e. The number of rotatable bonds is 2. The van der Waals surface area contributed by atoms with Crippen LogP contribution in [0.1, 0.15) is 31.4 Å². The van der Waals surface area contributed by atoms with Crippen LogP contribution in [0.5, 0.6) is 0 Å². The van der Waals surface area contributed by atoms with E-state index < -0.39 is 6.17 Å². The Balaban J connectivity index is 1.81. The van der Waals surface area contributed by atoms with Crippen LogP contribution in [0.3, 0.4) is 0 Å². The van der Waals surface area contributed by atoms with Crippen molar-refractivity contribution in [3.8, 4) is 0 Å². The monoisotopic (exact) mass is 247 g/mol. The zero-order chi connectivity index (χ0) is 12.7. The summed E-state index contributed by atoms with van der Waals surface area (Å²) in [4.78, 5) is 14.2. The van der Waals surface area contributed by atoms with Crippen molar-refractivity contribution in [3.05, 3.63) is 35.9 Å². The fourth-order valence-electron chi connectivity index (χ4n) is 3.38. The lowest BCUT2D eigenvalue weighted by Gasteiger charge is -2.26. The number of hydrogen-bond acceptors (Lipinski definition) is 1. The second kappa shape index (κ2) is 4.38. The molecule has 4 atom stereocenters. The molecule has 1 saturated heterocycles. The first-order valence-electron chi connectivity index (χ1n) is 6.68. The fraction of sp³-hybridized carbons (Fsp3) is 0.533. The van der Waals surface area contributed by atoms with Crippen molar-refractivity contribution < 1.29 is 9.18 Å². The zero-order valence-electron chi connectivity index (χ0n) is 10.6. The topological polar surface area (TPSA) is 20.3 Å². The normalized spacial score (nSPS) is 32.7. The summed E-state index contributed by atoms with van der Waals surface area (Å²) in [6, 6.07) is 10.0. The summed E-state index contributed by atoms with van der Waals surface area (Å²) in [5.74, 6) is -0.115. The molecule has 1 amide bonds. The SMILES string of the molecule is C[C@H](c1ccccc1)N1C[C@H]2CC[C@@H](F)[C@H]2C1=O. The Labute approximate surface area is 107 Å². The lowest BCUT2D eigenvalue weighted by Crippen LogP contribution is -2.32. The van der Waals surface area contributed by atoms with E-state index >= 15 is 0 Å². The number of alkyl halides is 1. The number of amides is 1. The lowest BCUT2D eigenvalue weighted by molar-refractivity contribution is -0.134. The van der Waals surface area contributed by atoms with Gasteiger partial charge in [-0.25, -0.2) is 4.39 Å². The summed E-state index contributed by atoms with van der Waals surface area (Å²) in [6.45, 7) is 2.75. The van der Waals surface area contributed by atoms with Gasteiger partial charge in [0.15, 0.2) is 0 Å². The van der Waals surface area contributed by atoms with Crippen molar-refractivity contribution in [1.29, 1.82) is 0 Å². The lowest BCUT2D eigenvalue weighted by atomic mass is 9.99. The number of hydrogen-bond donors (Lipinski definition) is 0. The largest absolute Gasteiger partial charge is 0.335 e. The Bertz CT molecular complexity index is 447. The summed E-state index contributed by atoms with van der Waals surface area (Å²) in [7, 11) is 0. The molecule has 96 valence electrons. The van der Waals surface area contributed by atoms with Crippen LogP contribution in [-0.4, -0.2) is 23.5 Å². The Morgan fingerprint density at radius 2 is 2.00 bits per heavy atom. The van der Waals surface area contributed by atoms with Crippen molar-refractivity contribution in [3.63, 3.8) is 0 Å². The van der Waals surface area contributed by atoms with Crippen molar-refractivity contribution in [2.24, 2.45) is 11.8 Å². The molecule has 0 bridgehead atoms. The highest BCUT2D eigenvalue weighted by Gasteiger charge is 2.50. The summed E-state index contributed by atoms with van der Waals surface area (Å²) in [5, 5.41) is 0. The van der Waals surface area contributed by atoms with E-state index in [0.29, 0.717) is 6.42 Å². The maximum atomic E-state index is 13.7. The number of fused-ring (bicyclic) bond motifs is 1. The van der Waals surface area contributed by atoms with E-state index in [-0.39, 0.29) is 23.8 Å². The van der Waals surface area contributed by atoms with Crippen LogP contribution in [0, 0.1) is 11.8 Å². The maximum absolute atomic E-state index is 13.7. The molecule has 1 aromatic carbocycles. The highest BCUT2D eigenvalue weighted by Crippen LogP contribution is 2.43. The molecule has 2 nitrogen and oxygen atoms in total. The fourth-order valence-corrected chi connectivity index (χ4v) is 3.38. The molecule has 0 N–H and O–H groups in total. The van der Waals surface area contributed by atoms with Crippen LogP contribution in [0.2, 0.25) is 0 Å². The van der Waals surface area contributed by atoms with E-state index in [1.54, 1.807) is 0 Å². The predicted octanol–water partition coefficient (Wildman–Crippen LogP) is 2.95. The second-order valence-electron chi connectivity index (χ2n) is 5.46. The first-order valence-corrected chi connectivity index (χ1v) is 6.68. The van der Waals surface area contributed by atoms with E-state index in [1.165, 1.54) is 0 Å². The zero-order valence-corrected chi connectivity index (χ0v) is 10.6. The molecule has 18 heavy (non-hydrogen) atoms. The van der Waals surface area contributed by atoms with Gasteiger partial charge in [-0.2, -0.15) is 0 Å². The first kappa shape index (κ1) is 11.7. The molecule has 1 aliphatic heterocycles. The van der Waals surface area contributed by atoms with Gasteiger partial charge in [-0.3, -0.25) is 4.79 Å². The minimum Gasteiger partial charge on any atom is -0.335 e. The molecule has 3 rings (SSSR count). The quantitative estimate of drug-likeness (QED) is 0.786. The number of likely N-dealkylation sites (tertiary alicyclic amines) is 1. The maximum Gasteiger partial charge on any atom is 0.229 e. The Kier molecular flexibility index (Phi) is 2.84. The van der Waals surface area contributed by atoms with Crippen molar-refractivity contribution >= 4 is 5.91 Å². The van der Waals surface area contributed by atoms with E-state index in [1.807, 2.05) is 42.2 Å². The predicted molar refractivity (Wildman–Crippen MR) is 67.7 cm³/mol. The summed E-state index contributed by atoms with van der Waals surface area (Å²) >= 11 is 0. The van der Waals surface area contributed by atoms with Crippen molar-refractivity contribution in [2.75, 3.05) is 6.54 Å². The molecular weight excluding hydrogens is 229 g/mol. The van der Waals surface area contributed by atoms with E-state index in [9.17, 15) is 9.18 Å². The van der Waals surface area contributed by atoms with Gasteiger partial charge in [0.1, 0.15) is 6.17 Å². The van der Waals surface area contributed by atoms with Crippen LogP contribution in [0.4, 0.5) is 4.39 Å². The highest BCUT2D eigenvalue weighted by atomic mass is 19.1. The van der Waals surface area contributed by atoms with Gasteiger partial charge in [0.05, 0.1) is 12.0 Å². The summed E-state index contributed by atoms with van der Waals surface area (Å²) in [5.41, 5.74) is 1.13. The number of carbonyl (C=O) groups excluding carboxylic acids is 1. The molecule has 0 radical (unpaired) electrons. The number of carbonyl (C=O) groups is 1. The van der Waals surface area contributed by atoms with Crippen LogP contribution in [0.25, 0.3) is 0 Å². The molecule has 0 unspecified atom stereocenters. The van der Waals surface area contributed by atoms with Gasteiger partial charge in [-0.05, 0) is 31.2 Å². The molecule has 3 heteroatoms. The minimum atomic E-state index is -0.921. The average Bonchev–Trinajstić information content (AvgIpc) is 2.92. The van der Waals surface area contributed by atoms with E-state index in [2.05, 4.69) is 0 Å². The van der Waals surface area contributed by atoms with Crippen LogP contribution >= 0.6 is 0 Å². The van der Waals surface area contributed by atoms with Crippen molar-refractivity contribution in [2.45, 2.75) is 32.0 Å². The van der Waals surface area contributed by atoms with Gasteiger partial charge in [0, 0.05) is 6.54 Å². The van der Waals surface area contributed by atoms with Crippen LogP contribution in [0.15, 0.2) is 30.3 Å². The van der Waals surface area contributed by atoms with Gasteiger partial charge in [0.25, 0.3) is 0 Å². The first-order chi connectivity index (χ1) is 8.68. The third kappa shape index (κ3) is 1.73. The van der Waals surface area contributed by atoms with Gasteiger partial charge < -0.3 is 4.90 Å². The number of nitrogens with zero attached hydrogens (tertiary/aromatic N) is 1. The third-order valence-electron chi connectivity index (χ3n) is 4.46. The van der Waals surface area contributed by atoms with Crippen LogP contribution in [-0.2, 0) is 4.79 Å². The molecular formula is C15H18FNO. The van der Waals surface area contributed by atoms with Gasteiger partial charge in [-0.1, -0.05) is 30.3 Å². The van der Waals surface area contributed by atoms with Crippen molar-refractivity contribution in [1.82, 2.24) is 4.90 Å². The molecule has 1 heterocycles. The Hall–Kier alpha value is -1.38. The van der Waals surface area contributed by atoms with Gasteiger partial charge in [-0.15, -0.1) is 0 Å². The van der Waals surface area contributed by atoms with Crippen LogP contribution < -0.4 is 0 Å². The molecule has 0 spiro atoms. The van der Waals surface area contributed by atoms with E-state index in [4.69, 9.17) is 0 Å². The minimum absolute atomic E-state index is 0.0151. The van der Waals surface area contributed by atoms with Gasteiger partial charge >= 0.3 is 0 Å². The molecule has 2 fully saturated rings. The number of halogens is 1. The highest BCUT2D eigenvalue weighted by molar-refractivity contribution is 5.83. The van der Waals surface area contributed by atoms with E-state index in [0.717, 1.165) is 18.5 Å². The number of benzene rings is 1. The summed E-state index contributed by atoms with van der Waals surface area (Å²) < 4.78 is 13.7. The molecule has 1 aromatic rings. The molecule has 0 aromatic heterocycles. The molecule has 2 aliphatic rings.